The Hall–Kier alpha value is -3.19. The van der Waals surface area contributed by atoms with E-state index in [1.54, 1.807) is 42.5 Å². The molecule has 3 rings (SSSR count). The van der Waals surface area contributed by atoms with E-state index in [4.69, 9.17) is 4.74 Å². The summed E-state index contributed by atoms with van der Waals surface area (Å²) in [6, 6.07) is 11.5. The van der Waals surface area contributed by atoms with Crippen LogP contribution in [0.2, 0.25) is 0 Å². The highest BCUT2D eigenvalue weighted by atomic mass is 19.1. The Bertz CT molecular complexity index is 999. The number of amides is 1. The third kappa shape index (κ3) is 4.67. The van der Waals surface area contributed by atoms with Crippen molar-refractivity contribution in [3.8, 4) is 5.75 Å². The first-order chi connectivity index (χ1) is 15.4. The molecule has 0 bridgehead atoms. The minimum atomic E-state index is -0.991. The summed E-state index contributed by atoms with van der Waals surface area (Å²) in [7, 11) is 1.52. The first-order valence-electron chi connectivity index (χ1n) is 10.8. The third-order valence-electron chi connectivity index (χ3n) is 5.87. The van der Waals surface area contributed by atoms with Gasteiger partial charge in [-0.1, -0.05) is 32.0 Å². The molecular weight excluding hydrogens is 411 g/mol. The fraction of sp³-hybridized carbons (Fsp3) is 0.360. The van der Waals surface area contributed by atoms with Crippen molar-refractivity contribution in [1.29, 1.82) is 0 Å². The van der Waals surface area contributed by atoms with Crippen molar-refractivity contribution >= 4 is 17.4 Å². The second-order valence-electron chi connectivity index (χ2n) is 7.62. The summed E-state index contributed by atoms with van der Waals surface area (Å²) < 4.78 is 19.9. The van der Waals surface area contributed by atoms with Gasteiger partial charge in [-0.05, 0) is 56.4 Å². The van der Waals surface area contributed by atoms with Gasteiger partial charge in [0.2, 0.25) is 0 Å². The van der Waals surface area contributed by atoms with Crippen LogP contribution in [0.4, 0.5) is 4.39 Å². The van der Waals surface area contributed by atoms with E-state index in [0.717, 1.165) is 19.6 Å². The molecule has 0 radical (unpaired) electrons. The zero-order valence-electron chi connectivity index (χ0n) is 18.7. The van der Waals surface area contributed by atoms with E-state index in [1.165, 1.54) is 18.1 Å². The molecule has 32 heavy (non-hydrogen) atoms. The van der Waals surface area contributed by atoms with Crippen LogP contribution in [0.1, 0.15) is 37.4 Å². The molecule has 2 aromatic carbocycles. The average Bonchev–Trinajstić information content (AvgIpc) is 3.06. The maximum Gasteiger partial charge on any atom is 0.295 e. The van der Waals surface area contributed by atoms with Gasteiger partial charge >= 0.3 is 0 Å². The van der Waals surface area contributed by atoms with Gasteiger partial charge in [0.15, 0.2) is 0 Å². The van der Waals surface area contributed by atoms with Gasteiger partial charge in [0.05, 0.1) is 18.7 Å². The molecule has 0 aromatic heterocycles. The predicted octanol–water partition coefficient (Wildman–Crippen LogP) is 3.99. The van der Waals surface area contributed by atoms with Gasteiger partial charge in [0, 0.05) is 17.7 Å². The number of carbonyl (C=O) groups is 2. The smallest absolute Gasteiger partial charge is 0.295 e. The highest BCUT2D eigenvalue weighted by Crippen LogP contribution is 2.40. The number of ketones is 1. The standard InChI is InChI=1S/C25H29FN2O4/c1-4-27(5-2)15-8-16-28-22(19-9-6-7-10-20(19)26)21(24(30)25(28)31)23(29)17-11-13-18(32-3)14-12-17/h6-7,9-14,22,29H,4-5,8,15-16H2,1-3H3/b23-21+/t22-/m0/s1. The van der Waals surface area contributed by atoms with E-state index < -0.39 is 23.5 Å². The molecule has 1 saturated heterocycles. The van der Waals surface area contributed by atoms with Gasteiger partial charge in [0.25, 0.3) is 11.7 Å². The molecule has 0 unspecified atom stereocenters. The average molecular weight is 441 g/mol. The van der Waals surface area contributed by atoms with Crippen LogP contribution < -0.4 is 4.74 Å². The molecule has 0 saturated carbocycles. The molecule has 0 spiro atoms. The Morgan fingerprint density at radius 3 is 2.34 bits per heavy atom. The number of hydrogen-bond donors (Lipinski definition) is 1. The minimum Gasteiger partial charge on any atom is -0.507 e. The number of likely N-dealkylation sites (tertiary alicyclic amines) is 1. The molecule has 1 aliphatic rings. The van der Waals surface area contributed by atoms with Crippen molar-refractivity contribution in [3.05, 3.63) is 71.0 Å². The Morgan fingerprint density at radius 1 is 1.09 bits per heavy atom. The largest absolute Gasteiger partial charge is 0.507 e. The van der Waals surface area contributed by atoms with Crippen LogP contribution in [-0.4, -0.2) is 59.9 Å². The quantitative estimate of drug-likeness (QED) is 0.363. The number of carbonyl (C=O) groups excluding carboxylic acids is 2. The van der Waals surface area contributed by atoms with Crippen LogP contribution in [-0.2, 0) is 9.59 Å². The molecule has 6 nitrogen and oxygen atoms in total. The van der Waals surface area contributed by atoms with Crippen LogP contribution in [0.3, 0.4) is 0 Å². The monoisotopic (exact) mass is 440 g/mol. The van der Waals surface area contributed by atoms with Gasteiger partial charge in [-0.3, -0.25) is 9.59 Å². The Kier molecular flexibility index (Phi) is 7.64. The van der Waals surface area contributed by atoms with E-state index >= 15 is 0 Å². The first kappa shape index (κ1) is 23.5. The molecule has 1 atom stereocenters. The van der Waals surface area contributed by atoms with Gasteiger partial charge in [-0.2, -0.15) is 0 Å². The summed E-state index contributed by atoms with van der Waals surface area (Å²) in [5, 5.41) is 11.0. The van der Waals surface area contributed by atoms with Crippen LogP contribution in [0.15, 0.2) is 54.1 Å². The van der Waals surface area contributed by atoms with Gasteiger partial charge < -0.3 is 19.6 Å². The molecule has 1 fully saturated rings. The maximum absolute atomic E-state index is 14.8. The van der Waals surface area contributed by atoms with Crippen molar-refractivity contribution in [1.82, 2.24) is 9.80 Å². The van der Waals surface area contributed by atoms with Crippen molar-refractivity contribution in [2.45, 2.75) is 26.3 Å². The Balaban J connectivity index is 2.03. The van der Waals surface area contributed by atoms with E-state index in [1.807, 2.05) is 0 Å². The van der Waals surface area contributed by atoms with Gasteiger partial charge in [-0.15, -0.1) is 0 Å². The molecule has 170 valence electrons. The number of Topliss-reactive ketones (excluding diaryl/α,β-unsaturated/α-hetero) is 1. The summed E-state index contributed by atoms with van der Waals surface area (Å²) in [6.07, 6.45) is 0.627. The normalized spacial score (nSPS) is 17.9. The SMILES string of the molecule is CCN(CC)CCCN1C(=O)C(=O)/C(=C(/O)c2ccc(OC)cc2)[C@@H]1c1ccccc1F. The second-order valence-corrected chi connectivity index (χ2v) is 7.62. The second kappa shape index (κ2) is 10.4. The number of ether oxygens (including phenoxy) is 1. The van der Waals surface area contributed by atoms with Crippen LogP contribution in [0, 0.1) is 5.82 Å². The first-order valence-corrected chi connectivity index (χ1v) is 10.8. The van der Waals surface area contributed by atoms with Crippen LogP contribution >= 0.6 is 0 Å². The molecule has 1 heterocycles. The van der Waals surface area contributed by atoms with E-state index in [0.29, 0.717) is 17.7 Å². The zero-order chi connectivity index (χ0) is 23.3. The van der Waals surface area contributed by atoms with E-state index in [2.05, 4.69) is 18.7 Å². The number of rotatable bonds is 9. The van der Waals surface area contributed by atoms with Gasteiger partial charge in [0.1, 0.15) is 17.3 Å². The number of aliphatic hydroxyl groups is 1. The predicted molar refractivity (Wildman–Crippen MR) is 121 cm³/mol. The summed E-state index contributed by atoms with van der Waals surface area (Å²) in [4.78, 5) is 29.5. The van der Waals surface area contributed by atoms with Crippen molar-refractivity contribution in [3.63, 3.8) is 0 Å². The Labute approximate surface area is 187 Å². The lowest BCUT2D eigenvalue weighted by atomic mass is 9.95. The number of aliphatic hydroxyl groups excluding tert-OH is 1. The molecule has 1 amide bonds. The summed E-state index contributed by atoms with van der Waals surface area (Å²) in [5.74, 6) is -1.81. The molecular formula is C25H29FN2O4. The lowest BCUT2D eigenvalue weighted by Gasteiger charge is -2.27. The molecule has 1 N–H and O–H groups in total. The topological polar surface area (TPSA) is 70.1 Å². The summed E-state index contributed by atoms with van der Waals surface area (Å²) >= 11 is 0. The minimum absolute atomic E-state index is 0.104. The number of nitrogens with zero attached hydrogens (tertiary/aromatic N) is 2. The highest BCUT2D eigenvalue weighted by Gasteiger charge is 2.46. The molecule has 0 aliphatic carbocycles. The van der Waals surface area contributed by atoms with Gasteiger partial charge in [-0.25, -0.2) is 4.39 Å². The summed E-state index contributed by atoms with van der Waals surface area (Å²) in [5.41, 5.74) is 0.436. The van der Waals surface area contributed by atoms with Crippen molar-refractivity contribution < 1.29 is 23.8 Å². The lowest BCUT2D eigenvalue weighted by Crippen LogP contribution is -2.33. The number of halogens is 1. The Morgan fingerprint density at radius 2 is 1.75 bits per heavy atom. The number of methoxy groups -OCH3 is 1. The molecule has 2 aromatic rings. The van der Waals surface area contributed by atoms with Crippen molar-refractivity contribution in [2.75, 3.05) is 33.3 Å². The third-order valence-corrected chi connectivity index (χ3v) is 5.87. The fourth-order valence-electron chi connectivity index (χ4n) is 4.04. The molecule has 1 aliphatic heterocycles. The van der Waals surface area contributed by atoms with E-state index in [9.17, 15) is 19.1 Å². The van der Waals surface area contributed by atoms with E-state index in [-0.39, 0.29) is 23.4 Å². The van der Waals surface area contributed by atoms with Crippen LogP contribution in [0.25, 0.3) is 5.76 Å². The summed E-state index contributed by atoms with van der Waals surface area (Å²) in [6.45, 7) is 6.90. The zero-order valence-corrected chi connectivity index (χ0v) is 18.7. The number of benzene rings is 2. The highest BCUT2D eigenvalue weighted by molar-refractivity contribution is 6.46. The fourth-order valence-corrected chi connectivity index (χ4v) is 4.04. The molecule has 7 heteroatoms. The van der Waals surface area contributed by atoms with Crippen LogP contribution in [0.5, 0.6) is 5.75 Å². The number of hydrogen-bond acceptors (Lipinski definition) is 5. The maximum atomic E-state index is 14.8. The lowest BCUT2D eigenvalue weighted by molar-refractivity contribution is -0.140. The van der Waals surface area contributed by atoms with Crippen molar-refractivity contribution in [2.24, 2.45) is 0 Å².